The van der Waals surface area contributed by atoms with Gasteiger partial charge in [-0.3, -0.25) is 20.2 Å². The van der Waals surface area contributed by atoms with Gasteiger partial charge in [0.05, 0.1) is 34.2 Å². The fraction of sp³-hybridized carbons (Fsp3) is 0.684. The molecule has 8 bridgehead atoms. The summed E-state index contributed by atoms with van der Waals surface area (Å²) in [5.41, 5.74) is -0.0378. The van der Waals surface area contributed by atoms with Gasteiger partial charge in [-0.2, -0.15) is 0 Å². The maximum Gasteiger partial charge on any atom is 0.281 e. The number of hydrogen-bond acceptors (Lipinski definition) is 5. The second-order valence-electron chi connectivity index (χ2n) is 8.87. The summed E-state index contributed by atoms with van der Waals surface area (Å²) in [4.78, 5) is 21.0. The lowest BCUT2D eigenvalue weighted by Gasteiger charge is -2.38. The summed E-state index contributed by atoms with van der Waals surface area (Å²) < 4.78 is 6.20. The molecular formula is C19H20N2O5. The number of non-ortho nitro benzene ring substituents is 1. The van der Waals surface area contributed by atoms with Gasteiger partial charge in [-0.05, 0) is 72.7 Å². The Bertz CT molecular complexity index is 833. The van der Waals surface area contributed by atoms with Crippen molar-refractivity contribution >= 4 is 11.4 Å². The molecule has 6 fully saturated rings. The van der Waals surface area contributed by atoms with Crippen molar-refractivity contribution < 1.29 is 14.6 Å². The molecule has 0 aromatic heterocycles. The molecule has 0 aliphatic heterocycles. The van der Waals surface area contributed by atoms with E-state index in [0.717, 1.165) is 53.9 Å². The highest BCUT2D eigenvalue weighted by atomic mass is 16.6. The van der Waals surface area contributed by atoms with Gasteiger partial charge in [0, 0.05) is 6.07 Å². The van der Waals surface area contributed by atoms with Gasteiger partial charge in [-0.15, -0.1) is 0 Å². The molecule has 9 atom stereocenters. The van der Waals surface area contributed by atoms with Crippen LogP contribution in [0.1, 0.15) is 24.8 Å². The Hall–Kier alpha value is -2.02. The normalized spacial score (nSPS) is 45.8. The van der Waals surface area contributed by atoms with E-state index in [1.165, 1.54) is 25.0 Å². The minimum absolute atomic E-state index is 0.172. The molecule has 6 aliphatic carbocycles. The Morgan fingerprint density at radius 1 is 0.923 bits per heavy atom. The summed E-state index contributed by atoms with van der Waals surface area (Å²) in [7, 11) is 0. The molecule has 26 heavy (non-hydrogen) atoms. The van der Waals surface area contributed by atoms with Crippen LogP contribution in [0.25, 0.3) is 0 Å². The van der Waals surface area contributed by atoms with Crippen molar-refractivity contribution in [3.8, 4) is 0 Å². The monoisotopic (exact) mass is 356 g/mol. The molecule has 7 heteroatoms. The van der Waals surface area contributed by atoms with Crippen molar-refractivity contribution in [3.63, 3.8) is 0 Å². The second kappa shape index (κ2) is 4.82. The van der Waals surface area contributed by atoms with Crippen molar-refractivity contribution in [3.05, 3.63) is 44.0 Å². The molecule has 7 nitrogen and oxygen atoms in total. The summed E-state index contributed by atoms with van der Waals surface area (Å²) in [5, 5.41) is 22.2. The van der Waals surface area contributed by atoms with Crippen molar-refractivity contribution in [1.29, 1.82) is 0 Å². The number of rotatable bonds is 5. The average Bonchev–Trinajstić information content (AvgIpc) is 3.41. The zero-order valence-electron chi connectivity index (χ0n) is 14.2. The molecule has 1 aromatic carbocycles. The number of hydrogen-bond donors (Lipinski definition) is 0. The van der Waals surface area contributed by atoms with Crippen LogP contribution in [0.15, 0.2) is 18.2 Å². The van der Waals surface area contributed by atoms with Crippen LogP contribution in [0.3, 0.4) is 0 Å². The Balaban J connectivity index is 1.21. The highest BCUT2D eigenvalue weighted by Crippen LogP contribution is 2.82. The molecule has 9 unspecified atom stereocenters. The topological polar surface area (TPSA) is 95.5 Å². The number of nitro groups is 2. The third kappa shape index (κ3) is 1.63. The van der Waals surface area contributed by atoms with Gasteiger partial charge < -0.3 is 4.74 Å². The Kier molecular flexibility index (Phi) is 2.80. The molecule has 1 aromatic rings. The molecule has 0 spiro atoms. The fourth-order valence-electron chi connectivity index (χ4n) is 8.18. The van der Waals surface area contributed by atoms with Crippen molar-refractivity contribution in [2.75, 3.05) is 0 Å². The third-order valence-corrected chi connectivity index (χ3v) is 8.44. The molecule has 7 rings (SSSR count). The first kappa shape index (κ1) is 15.1. The van der Waals surface area contributed by atoms with Gasteiger partial charge in [0.2, 0.25) is 0 Å². The van der Waals surface area contributed by atoms with Crippen LogP contribution in [0.5, 0.6) is 0 Å². The first-order chi connectivity index (χ1) is 12.6. The number of nitro benzene ring substituents is 2. The molecule has 0 amide bonds. The van der Waals surface area contributed by atoms with Crippen LogP contribution in [-0.4, -0.2) is 16.0 Å². The molecule has 0 radical (unpaired) electrons. The summed E-state index contributed by atoms with van der Waals surface area (Å²) >= 11 is 0. The smallest absolute Gasteiger partial charge is 0.281 e. The third-order valence-electron chi connectivity index (χ3n) is 8.44. The zero-order valence-corrected chi connectivity index (χ0v) is 14.2. The first-order valence-electron chi connectivity index (χ1n) is 9.59. The lowest BCUT2D eigenvalue weighted by molar-refractivity contribution is -0.394. The number of nitrogens with zero attached hydrogens (tertiary/aromatic N) is 2. The summed E-state index contributed by atoms with van der Waals surface area (Å²) in [5.74, 6) is 7.00. The lowest BCUT2D eigenvalue weighted by Crippen LogP contribution is -2.36. The SMILES string of the molecule is O=[N+]([O-])c1ccc(COC2CC3C4C5CCC6C5C3C2C64)c([N+](=O)[O-])c1. The van der Waals surface area contributed by atoms with Crippen LogP contribution in [-0.2, 0) is 11.3 Å². The van der Waals surface area contributed by atoms with Gasteiger partial charge in [0.15, 0.2) is 0 Å². The molecule has 136 valence electrons. The van der Waals surface area contributed by atoms with E-state index < -0.39 is 9.85 Å². The first-order valence-corrected chi connectivity index (χ1v) is 9.59. The number of benzene rings is 1. The van der Waals surface area contributed by atoms with Crippen LogP contribution in [0, 0.1) is 67.6 Å². The van der Waals surface area contributed by atoms with Gasteiger partial charge in [-0.1, -0.05) is 0 Å². The zero-order chi connectivity index (χ0) is 17.7. The van der Waals surface area contributed by atoms with Gasteiger partial charge in [0.1, 0.15) is 0 Å². The molecule has 0 N–H and O–H groups in total. The maximum absolute atomic E-state index is 11.3. The van der Waals surface area contributed by atoms with Crippen LogP contribution >= 0.6 is 0 Å². The Labute approximate surface area is 150 Å². The van der Waals surface area contributed by atoms with Gasteiger partial charge >= 0.3 is 0 Å². The molecule has 0 heterocycles. The van der Waals surface area contributed by atoms with E-state index in [9.17, 15) is 20.2 Å². The van der Waals surface area contributed by atoms with Crippen LogP contribution < -0.4 is 0 Å². The van der Waals surface area contributed by atoms with Crippen molar-refractivity contribution in [2.24, 2.45) is 47.3 Å². The van der Waals surface area contributed by atoms with E-state index in [2.05, 4.69) is 0 Å². The quantitative estimate of drug-likeness (QED) is 0.594. The molecule has 6 aliphatic rings. The van der Waals surface area contributed by atoms with Gasteiger partial charge in [-0.25, -0.2) is 0 Å². The highest BCUT2D eigenvalue weighted by molar-refractivity contribution is 5.48. The Morgan fingerprint density at radius 3 is 2.35 bits per heavy atom. The molecular weight excluding hydrogens is 336 g/mol. The van der Waals surface area contributed by atoms with Crippen molar-refractivity contribution in [1.82, 2.24) is 0 Å². The van der Waals surface area contributed by atoms with E-state index in [0.29, 0.717) is 11.5 Å². The minimum atomic E-state index is -0.605. The predicted octanol–water partition coefficient (Wildman–Crippen LogP) is 3.56. The fourth-order valence-corrected chi connectivity index (χ4v) is 8.18. The summed E-state index contributed by atoms with van der Waals surface area (Å²) in [6, 6.07) is 3.83. The van der Waals surface area contributed by atoms with Crippen LogP contribution in [0.4, 0.5) is 11.4 Å². The number of ether oxygens (including phenoxy) is 1. The van der Waals surface area contributed by atoms with Crippen molar-refractivity contribution in [2.45, 2.75) is 32.0 Å². The van der Waals surface area contributed by atoms with Crippen LogP contribution in [0.2, 0.25) is 0 Å². The van der Waals surface area contributed by atoms with E-state index in [-0.39, 0.29) is 24.1 Å². The maximum atomic E-state index is 11.3. The standard InChI is InChI=1S/C19H20N2O5/c22-20(23)9-2-1-8(13(5-9)21(24)25)7-26-14-6-12-16-10-3-4-11-15(10)18(12)19(14)17(11)16/h1-2,5,10-12,14-19H,3-4,6-7H2. The lowest BCUT2D eigenvalue weighted by atomic mass is 9.70. The van der Waals surface area contributed by atoms with Gasteiger partial charge in [0.25, 0.3) is 11.4 Å². The summed E-state index contributed by atoms with van der Waals surface area (Å²) in [6.07, 6.45) is 4.16. The molecule has 0 saturated heterocycles. The van der Waals surface area contributed by atoms with E-state index >= 15 is 0 Å². The highest BCUT2D eigenvalue weighted by Gasteiger charge is 2.79. The second-order valence-corrected chi connectivity index (χ2v) is 8.87. The van der Waals surface area contributed by atoms with E-state index in [1.54, 1.807) is 0 Å². The average molecular weight is 356 g/mol. The minimum Gasteiger partial charge on any atom is -0.373 e. The summed E-state index contributed by atoms with van der Waals surface area (Å²) in [6.45, 7) is 0.172. The molecule has 6 saturated carbocycles. The Morgan fingerprint density at radius 2 is 1.62 bits per heavy atom. The largest absolute Gasteiger partial charge is 0.373 e. The van der Waals surface area contributed by atoms with E-state index in [1.807, 2.05) is 0 Å². The van der Waals surface area contributed by atoms with E-state index in [4.69, 9.17) is 4.74 Å². The predicted molar refractivity (Wildman–Crippen MR) is 90.1 cm³/mol.